The monoisotopic (exact) mass is 245 g/mol. The second-order valence-corrected chi connectivity index (χ2v) is 4.67. The maximum atomic E-state index is 11.5. The number of aryl methyl sites for hydroxylation is 2. The van der Waals surface area contributed by atoms with Gasteiger partial charge in [0.1, 0.15) is 5.58 Å². The molecule has 18 heavy (non-hydrogen) atoms. The van der Waals surface area contributed by atoms with Crippen molar-refractivity contribution in [2.45, 2.75) is 26.7 Å². The van der Waals surface area contributed by atoms with Gasteiger partial charge in [-0.2, -0.15) is 0 Å². The van der Waals surface area contributed by atoms with E-state index in [1.54, 1.807) is 6.07 Å². The first-order valence-corrected chi connectivity index (χ1v) is 6.33. The van der Waals surface area contributed by atoms with Crippen LogP contribution in [0.25, 0.3) is 11.0 Å². The third-order valence-electron chi connectivity index (χ3n) is 3.27. The minimum atomic E-state index is -0.270. The molecule has 3 nitrogen and oxygen atoms in total. The summed E-state index contributed by atoms with van der Waals surface area (Å²) < 4.78 is 5.31. The van der Waals surface area contributed by atoms with Gasteiger partial charge in [-0.1, -0.05) is 13.8 Å². The van der Waals surface area contributed by atoms with Crippen LogP contribution < -0.4 is 10.5 Å². The van der Waals surface area contributed by atoms with Crippen LogP contribution in [0.3, 0.4) is 0 Å². The van der Waals surface area contributed by atoms with Gasteiger partial charge in [-0.3, -0.25) is 0 Å². The average molecular weight is 245 g/mol. The third kappa shape index (κ3) is 2.13. The van der Waals surface area contributed by atoms with Gasteiger partial charge in [0.05, 0.1) is 0 Å². The second-order valence-electron chi connectivity index (χ2n) is 4.67. The van der Waals surface area contributed by atoms with Crippen LogP contribution in [-0.4, -0.2) is 14.1 Å². The molecule has 0 atom stereocenters. The van der Waals surface area contributed by atoms with Crippen LogP contribution in [0.1, 0.15) is 25.0 Å². The van der Waals surface area contributed by atoms with Gasteiger partial charge in [0.25, 0.3) is 0 Å². The lowest BCUT2D eigenvalue weighted by Crippen LogP contribution is -2.11. The molecule has 1 aromatic carbocycles. The molecule has 0 spiro atoms. The van der Waals surface area contributed by atoms with Crippen molar-refractivity contribution in [3.05, 3.63) is 39.7 Å². The summed E-state index contributed by atoms with van der Waals surface area (Å²) in [4.78, 5) is 13.6. The molecule has 0 bridgehead atoms. The van der Waals surface area contributed by atoms with Gasteiger partial charge in [-0.15, -0.1) is 0 Å². The van der Waals surface area contributed by atoms with E-state index in [2.05, 4.69) is 24.8 Å². The van der Waals surface area contributed by atoms with E-state index in [0.29, 0.717) is 5.58 Å². The topological polar surface area (TPSA) is 33.5 Å². The number of fused-ring (bicyclic) bond motifs is 1. The Morgan fingerprint density at radius 1 is 1.06 bits per heavy atom. The molecule has 3 heteroatoms. The molecule has 0 aliphatic heterocycles. The number of rotatable bonds is 3. The molecule has 0 saturated carbocycles. The number of hydrogen-bond donors (Lipinski definition) is 0. The molecule has 0 saturated heterocycles. The van der Waals surface area contributed by atoms with Crippen LogP contribution in [0.15, 0.2) is 27.4 Å². The summed E-state index contributed by atoms with van der Waals surface area (Å²) >= 11 is 0. The van der Waals surface area contributed by atoms with Crippen LogP contribution in [0, 0.1) is 0 Å². The quantitative estimate of drug-likeness (QED) is 0.779. The third-order valence-corrected chi connectivity index (χ3v) is 3.27. The van der Waals surface area contributed by atoms with Gasteiger partial charge < -0.3 is 9.32 Å². The molecular formula is C15H19NO2. The van der Waals surface area contributed by atoms with Crippen LogP contribution in [0.4, 0.5) is 5.69 Å². The SMILES string of the molecule is CCc1cc2c(CC)cc(=O)oc2cc1N(C)C. The summed E-state index contributed by atoms with van der Waals surface area (Å²) in [6.07, 6.45) is 1.80. The summed E-state index contributed by atoms with van der Waals surface area (Å²) in [6, 6.07) is 5.71. The lowest BCUT2D eigenvalue weighted by Gasteiger charge is -2.18. The molecule has 0 aliphatic carbocycles. The van der Waals surface area contributed by atoms with E-state index in [4.69, 9.17) is 4.42 Å². The minimum absolute atomic E-state index is 0.270. The summed E-state index contributed by atoms with van der Waals surface area (Å²) in [7, 11) is 4.00. The maximum Gasteiger partial charge on any atom is 0.336 e. The highest BCUT2D eigenvalue weighted by Crippen LogP contribution is 2.27. The van der Waals surface area contributed by atoms with Crippen molar-refractivity contribution in [2.75, 3.05) is 19.0 Å². The predicted molar refractivity (Wildman–Crippen MR) is 75.6 cm³/mol. The van der Waals surface area contributed by atoms with E-state index in [9.17, 15) is 4.79 Å². The van der Waals surface area contributed by atoms with Crippen molar-refractivity contribution >= 4 is 16.7 Å². The zero-order valence-corrected chi connectivity index (χ0v) is 11.4. The first-order valence-electron chi connectivity index (χ1n) is 6.33. The maximum absolute atomic E-state index is 11.5. The summed E-state index contributed by atoms with van der Waals surface area (Å²) in [5, 5.41) is 1.06. The van der Waals surface area contributed by atoms with Crippen molar-refractivity contribution in [1.29, 1.82) is 0 Å². The van der Waals surface area contributed by atoms with Crippen molar-refractivity contribution in [3.8, 4) is 0 Å². The number of nitrogens with zero attached hydrogens (tertiary/aromatic N) is 1. The van der Waals surface area contributed by atoms with Gasteiger partial charge in [-0.05, 0) is 30.0 Å². The van der Waals surface area contributed by atoms with Gasteiger partial charge in [0.15, 0.2) is 0 Å². The molecule has 0 unspecified atom stereocenters. The van der Waals surface area contributed by atoms with Crippen LogP contribution in [0.5, 0.6) is 0 Å². The Bertz CT molecular complexity index is 626. The second kappa shape index (κ2) is 4.84. The van der Waals surface area contributed by atoms with E-state index in [0.717, 1.165) is 29.5 Å². The zero-order valence-electron chi connectivity index (χ0n) is 11.4. The molecule has 0 radical (unpaired) electrons. The lowest BCUT2D eigenvalue weighted by atomic mass is 10.0. The summed E-state index contributed by atoms with van der Waals surface area (Å²) in [5.74, 6) is 0. The molecule has 1 aromatic heterocycles. The fourth-order valence-electron chi connectivity index (χ4n) is 2.30. The fraction of sp³-hybridized carbons (Fsp3) is 0.400. The first kappa shape index (κ1) is 12.7. The summed E-state index contributed by atoms with van der Waals surface area (Å²) in [6.45, 7) is 4.19. The van der Waals surface area contributed by atoms with E-state index in [-0.39, 0.29) is 5.63 Å². The average Bonchev–Trinajstić information content (AvgIpc) is 2.35. The molecule has 0 N–H and O–H groups in total. The van der Waals surface area contributed by atoms with E-state index in [1.165, 1.54) is 5.56 Å². The molecule has 0 amide bonds. The Kier molecular flexibility index (Phi) is 3.41. The van der Waals surface area contributed by atoms with Crippen LogP contribution in [-0.2, 0) is 12.8 Å². The van der Waals surface area contributed by atoms with Gasteiger partial charge >= 0.3 is 5.63 Å². The van der Waals surface area contributed by atoms with Gasteiger partial charge in [0.2, 0.25) is 0 Å². The Labute approximate surface area is 107 Å². The molecule has 0 aliphatic rings. The Balaban J connectivity index is 2.82. The van der Waals surface area contributed by atoms with Gasteiger partial charge in [-0.25, -0.2) is 4.79 Å². The van der Waals surface area contributed by atoms with Crippen LogP contribution >= 0.6 is 0 Å². The lowest BCUT2D eigenvalue weighted by molar-refractivity contribution is 0.559. The molecule has 96 valence electrons. The normalized spacial score (nSPS) is 10.9. The van der Waals surface area contributed by atoms with E-state index in [1.807, 2.05) is 20.2 Å². The highest BCUT2D eigenvalue weighted by molar-refractivity contribution is 5.85. The first-order chi connectivity index (χ1) is 8.56. The van der Waals surface area contributed by atoms with Crippen molar-refractivity contribution < 1.29 is 4.42 Å². The number of benzene rings is 1. The Morgan fingerprint density at radius 2 is 1.72 bits per heavy atom. The predicted octanol–water partition coefficient (Wildman–Crippen LogP) is 2.98. The highest BCUT2D eigenvalue weighted by atomic mass is 16.4. The molecule has 0 fully saturated rings. The fourth-order valence-corrected chi connectivity index (χ4v) is 2.30. The molecule has 2 rings (SSSR count). The summed E-state index contributed by atoms with van der Waals surface area (Å²) in [5.41, 5.74) is 3.85. The highest BCUT2D eigenvalue weighted by Gasteiger charge is 2.10. The number of anilines is 1. The Morgan fingerprint density at radius 3 is 2.28 bits per heavy atom. The van der Waals surface area contributed by atoms with Gasteiger partial charge in [0, 0.05) is 37.3 Å². The Hall–Kier alpha value is -1.77. The standard InChI is InChI=1S/C15H19NO2/c1-5-10-8-15(17)18-14-9-13(16(3)4)11(6-2)7-12(10)14/h7-9H,5-6H2,1-4H3. The van der Waals surface area contributed by atoms with Crippen molar-refractivity contribution in [1.82, 2.24) is 0 Å². The molecule has 2 aromatic rings. The van der Waals surface area contributed by atoms with E-state index >= 15 is 0 Å². The largest absolute Gasteiger partial charge is 0.423 e. The van der Waals surface area contributed by atoms with Crippen molar-refractivity contribution in [2.24, 2.45) is 0 Å². The minimum Gasteiger partial charge on any atom is -0.423 e. The van der Waals surface area contributed by atoms with E-state index < -0.39 is 0 Å². The zero-order chi connectivity index (χ0) is 13.3. The molecule has 1 heterocycles. The van der Waals surface area contributed by atoms with Crippen LogP contribution in [0.2, 0.25) is 0 Å². The van der Waals surface area contributed by atoms with Crippen molar-refractivity contribution in [3.63, 3.8) is 0 Å². The molecular weight excluding hydrogens is 226 g/mol. The number of hydrogen-bond acceptors (Lipinski definition) is 3. The smallest absolute Gasteiger partial charge is 0.336 e.